The molecule has 0 bridgehead atoms. The van der Waals surface area contributed by atoms with Gasteiger partial charge < -0.3 is 9.84 Å². The van der Waals surface area contributed by atoms with Crippen LogP contribution in [0, 0.1) is 0 Å². The molecule has 0 aliphatic rings. The average Bonchev–Trinajstić information content (AvgIpc) is 2.54. The first-order valence-electron chi connectivity index (χ1n) is 6.38. The van der Waals surface area contributed by atoms with E-state index in [2.05, 4.69) is 10.0 Å². The topological polar surface area (TPSA) is 95.3 Å². The molecule has 0 unspecified atom stereocenters. The second-order valence-electron chi connectivity index (χ2n) is 4.37. The molecule has 0 heterocycles. The highest BCUT2D eigenvalue weighted by atomic mass is 16.5. The van der Waals surface area contributed by atoms with Gasteiger partial charge in [-0.15, -0.1) is 0 Å². The minimum Gasteiger partial charge on any atom is -0.504 e. The number of azide groups is 1. The largest absolute Gasteiger partial charge is 0.504 e. The molecule has 2 aromatic carbocycles. The highest BCUT2D eigenvalue weighted by Gasteiger charge is 2.04. The van der Waals surface area contributed by atoms with E-state index in [4.69, 9.17) is 10.3 Å². The van der Waals surface area contributed by atoms with Gasteiger partial charge in [0.2, 0.25) is 0 Å². The van der Waals surface area contributed by atoms with Gasteiger partial charge in [-0.05, 0) is 35.4 Å². The minimum atomic E-state index is -0.220. The zero-order valence-electron chi connectivity index (χ0n) is 11.8. The van der Waals surface area contributed by atoms with E-state index in [0.29, 0.717) is 22.6 Å². The Morgan fingerprint density at radius 2 is 2.14 bits per heavy atom. The van der Waals surface area contributed by atoms with Crippen molar-refractivity contribution in [2.24, 2.45) is 5.11 Å². The number of phenolic OH excluding ortho intramolecular Hbond substituents is 1. The molecule has 0 aromatic heterocycles. The molecule has 0 spiro atoms. The van der Waals surface area contributed by atoms with Crippen LogP contribution in [0.4, 0.5) is 5.69 Å². The van der Waals surface area contributed by atoms with Gasteiger partial charge >= 0.3 is 0 Å². The van der Waals surface area contributed by atoms with E-state index >= 15 is 0 Å². The maximum atomic E-state index is 12.1. The Labute approximate surface area is 126 Å². The van der Waals surface area contributed by atoms with Gasteiger partial charge in [0, 0.05) is 16.2 Å². The molecule has 0 aliphatic heterocycles. The SMILES string of the molecule is COc1cc(/C=C/C(=O)c2cccc(N=[N+]=[N-])c2)ccc1O. The first-order valence-corrected chi connectivity index (χ1v) is 6.38. The number of ether oxygens (including phenoxy) is 1. The number of carbonyl (C=O) groups excluding carboxylic acids is 1. The minimum absolute atomic E-state index is 0.0352. The molecule has 110 valence electrons. The Morgan fingerprint density at radius 1 is 1.32 bits per heavy atom. The van der Waals surface area contributed by atoms with Crippen LogP contribution in [-0.4, -0.2) is 18.0 Å². The highest BCUT2D eigenvalue weighted by molar-refractivity contribution is 6.07. The second kappa shape index (κ2) is 6.97. The van der Waals surface area contributed by atoms with E-state index in [1.54, 1.807) is 36.4 Å². The number of rotatable bonds is 5. The lowest BCUT2D eigenvalue weighted by molar-refractivity contribution is 0.104. The molecule has 1 N–H and O–H groups in total. The number of allylic oxidation sites excluding steroid dienone is 1. The molecular formula is C16H13N3O3. The Hall–Kier alpha value is -3.24. The van der Waals surface area contributed by atoms with Crippen molar-refractivity contribution in [2.75, 3.05) is 7.11 Å². The maximum absolute atomic E-state index is 12.1. The predicted octanol–water partition coefficient (Wildman–Crippen LogP) is 4.24. The number of methoxy groups -OCH3 is 1. The van der Waals surface area contributed by atoms with E-state index < -0.39 is 0 Å². The number of hydrogen-bond donors (Lipinski definition) is 1. The fourth-order valence-electron chi connectivity index (χ4n) is 1.84. The van der Waals surface area contributed by atoms with Gasteiger partial charge in [0.05, 0.1) is 7.11 Å². The second-order valence-corrected chi connectivity index (χ2v) is 4.37. The molecule has 22 heavy (non-hydrogen) atoms. The molecule has 0 amide bonds. The highest BCUT2D eigenvalue weighted by Crippen LogP contribution is 2.26. The van der Waals surface area contributed by atoms with Gasteiger partial charge in [-0.1, -0.05) is 35.5 Å². The zero-order valence-corrected chi connectivity index (χ0v) is 11.8. The van der Waals surface area contributed by atoms with Crippen LogP contribution >= 0.6 is 0 Å². The lowest BCUT2D eigenvalue weighted by Gasteiger charge is -2.03. The van der Waals surface area contributed by atoms with Crippen molar-refractivity contribution in [3.63, 3.8) is 0 Å². The summed E-state index contributed by atoms with van der Waals surface area (Å²) in [4.78, 5) is 14.8. The average molecular weight is 295 g/mol. The van der Waals surface area contributed by atoms with Crippen molar-refractivity contribution in [2.45, 2.75) is 0 Å². The lowest BCUT2D eigenvalue weighted by atomic mass is 10.1. The fraction of sp³-hybridized carbons (Fsp3) is 0.0625. The van der Waals surface area contributed by atoms with Crippen LogP contribution in [0.15, 0.2) is 53.7 Å². The molecule has 0 saturated heterocycles. The van der Waals surface area contributed by atoms with Crippen molar-refractivity contribution in [1.82, 2.24) is 0 Å². The van der Waals surface area contributed by atoms with Gasteiger partial charge in [-0.3, -0.25) is 4.79 Å². The van der Waals surface area contributed by atoms with Gasteiger partial charge in [0.15, 0.2) is 17.3 Å². The molecule has 0 saturated carbocycles. The molecule has 6 nitrogen and oxygen atoms in total. The predicted molar refractivity (Wildman–Crippen MR) is 83.3 cm³/mol. The molecule has 2 aromatic rings. The Balaban J connectivity index is 2.21. The molecule has 2 rings (SSSR count). The molecule has 0 aliphatic carbocycles. The smallest absolute Gasteiger partial charge is 0.185 e. The van der Waals surface area contributed by atoms with Gasteiger partial charge in [-0.2, -0.15) is 0 Å². The third kappa shape index (κ3) is 3.65. The van der Waals surface area contributed by atoms with Crippen molar-refractivity contribution in [1.29, 1.82) is 0 Å². The third-order valence-corrected chi connectivity index (χ3v) is 2.92. The van der Waals surface area contributed by atoms with Crippen LogP contribution in [0.3, 0.4) is 0 Å². The van der Waals surface area contributed by atoms with Crippen LogP contribution < -0.4 is 4.74 Å². The lowest BCUT2D eigenvalue weighted by Crippen LogP contribution is -1.93. The number of ketones is 1. The monoisotopic (exact) mass is 295 g/mol. The van der Waals surface area contributed by atoms with Gasteiger partial charge in [0.25, 0.3) is 0 Å². The van der Waals surface area contributed by atoms with E-state index in [1.807, 2.05) is 0 Å². The Bertz CT molecular complexity index is 778. The summed E-state index contributed by atoms with van der Waals surface area (Å²) in [5.74, 6) is 0.148. The summed E-state index contributed by atoms with van der Waals surface area (Å²) in [6, 6.07) is 11.2. The fourth-order valence-corrected chi connectivity index (χ4v) is 1.84. The van der Waals surface area contributed by atoms with E-state index in [-0.39, 0.29) is 11.5 Å². The van der Waals surface area contributed by atoms with Crippen LogP contribution in [0.5, 0.6) is 11.5 Å². The van der Waals surface area contributed by atoms with E-state index in [0.717, 1.165) is 0 Å². The first kappa shape index (κ1) is 15.2. The Kier molecular flexibility index (Phi) is 4.80. The first-order chi connectivity index (χ1) is 10.6. The number of aromatic hydroxyl groups is 1. The summed E-state index contributed by atoms with van der Waals surface area (Å²) in [6.07, 6.45) is 3.02. The van der Waals surface area contributed by atoms with Crippen LogP contribution in [-0.2, 0) is 0 Å². The normalized spacial score (nSPS) is 10.2. The molecular weight excluding hydrogens is 282 g/mol. The molecule has 0 fully saturated rings. The quantitative estimate of drug-likeness (QED) is 0.294. The molecule has 0 radical (unpaired) electrons. The summed E-state index contributed by atoms with van der Waals surface area (Å²) in [7, 11) is 1.45. The van der Waals surface area contributed by atoms with Crippen LogP contribution in [0.2, 0.25) is 0 Å². The maximum Gasteiger partial charge on any atom is 0.185 e. The van der Waals surface area contributed by atoms with Crippen LogP contribution in [0.1, 0.15) is 15.9 Å². The summed E-state index contributed by atoms with van der Waals surface area (Å²) in [6.45, 7) is 0. The number of carbonyl (C=O) groups is 1. The zero-order chi connectivity index (χ0) is 15.9. The number of benzene rings is 2. The molecule has 6 heteroatoms. The standard InChI is InChI=1S/C16H13N3O3/c1-22-16-9-11(6-8-15(16)21)5-7-14(20)12-3-2-4-13(10-12)18-19-17/h2-10,21H,1H3/b7-5+. The summed E-state index contributed by atoms with van der Waals surface area (Å²) in [5, 5.41) is 13.0. The van der Waals surface area contributed by atoms with Crippen molar-refractivity contribution in [3.8, 4) is 11.5 Å². The summed E-state index contributed by atoms with van der Waals surface area (Å²) >= 11 is 0. The number of hydrogen-bond acceptors (Lipinski definition) is 4. The number of phenols is 1. The third-order valence-electron chi connectivity index (χ3n) is 2.92. The van der Waals surface area contributed by atoms with Gasteiger partial charge in [0.1, 0.15) is 0 Å². The van der Waals surface area contributed by atoms with E-state index in [9.17, 15) is 9.90 Å². The molecule has 0 atom stereocenters. The Morgan fingerprint density at radius 3 is 2.86 bits per heavy atom. The summed E-state index contributed by atoms with van der Waals surface area (Å²) < 4.78 is 5.00. The van der Waals surface area contributed by atoms with Crippen LogP contribution in [0.25, 0.3) is 16.5 Å². The van der Waals surface area contributed by atoms with Crippen molar-refractivity contribution >= 4 is 17.5 Å². The summed E-state index contributed by atoms with van der Waals surface area (Å²) in [5.41, 5.74) is 9.92. The van der Waals surface area contributed by atoms with Crippen molar-refractivity contribution < 1.29 is 14.6 Å². The number of nitrogens with zero attached hydrogens (tertiary/aromatic N) is 3. The van der Waals surface area contributed by atoms with Crippen molar-refractivity contribution in [3.05, 3.63) is 70.1 Å². The van der Waals surface area contributed by atoms with E-state index in [1.165, 1.54) is 25.3 Å². The van der Waals surface area contributed by atoms with Gasteiger partial charge in [-0.25, -0.2) is 0 Å².